The lowest BCUT2D eigenvalue weighted by molar-refractivity contribution is 0.0875. The zero-order valence-corrected chi connectivity index (χ0v) is 9.88. The number of aliphatic hydroxyl groups excluding tert-OH is 1. The normalized spacial score (nSPS) is 18.7. The summed E-state index contributed by atoms with van der Waals surface area (Å²) in [4.78, 5) is 0. The van der Waals surface area contributed by atoms with E-state index < -0.39 is 0 Å². The number of aliphatic hydroxyl groups is 1. The second-order valence-electron chi connectivity index (χ2n) is 4.74. The highest BCUT2D eigenvalue weighted by Crippen LogP contribution is 2.24. The van der Waals surface area contributed by atoms with E-state index in [0.717, 1.165) is 5.92 Å². The maximum Gasteiger partial charge on any atom is 0.0542 e. The van der Waals surface area contributed by atoms with Crippen molar-refractivity contribution in [2.75, 3.05) is 0 Å². The number of hydrogen-bond donors (Lipinski definition) is 1. The fraction of sp³-hybridized carbons (Fsp3) is 1.00. The van der Waals surface area contributed by atoms with Gasteiger partial charge in [-0.25, -0.2) is 0 Å². The summed E-state index contributed by atoms with van der Waals surface area (Å²) in [7, 11) is 0. The maximum absolute atomic E-state index is 9.57. The first-order chi connectivity index (χ1) is 5.99. The average molecular weight is 186 g/mol. The van der Waals surface area contributed by atoms with Gasteiger partial charge >= 0.3 is 0 Å². The Kier molecular flexibility index (Phi) is 6.40. The van der Waals surface area contributed by atoms with Gasteiger partial charge in [0.1, 0.15) is 0 Å². The van der Waals surface area contributed by atoms with Crippen molar-refractivity contribution in [3.63, 3.8) is 0 Å². The van der Waals surface area contributed by atoms with Gasteiger partial charge in [0.25, 0.3) is 0 Å². The van der Waals surface area contributed by atoms with Crippen LogP contribution in [0.2, 0.25) is 0 Å². The Morgan fingerprint density at radius 1 is 1.00 bits per heavy atom. The van der Waals surface area contributed by atoms with Gasteiger partial charge in [0.15, 0.2) is 0 Å². The van der Waals surface area contributed by atoms with Gasteiger partial charge in [-0.1, -0.05) is 40.5 Å². The molecule has 0 bridgehead atoms. The quantitative estimate of drug-likeness (QED) is 0.673. The van der Waals surface area contributed by atoms with Gasteiger partial charge in [-0.2, -0.15) is 0 Å². The van der Waals surface area contributed by atoms with Crippen LogP contribution in [0.4, 0.5) is 0 Å². The largest absolute Gasteiger partial charge is 0.393 e. The minimum Gasteiger partial charge on any atom is -0.393 e. The monoisotopic (exact) mass is 186 g/mol. The minimum absolute atomic E-state index is 0.149. The molecule has 0 aliphatic carbocycles. The Hall–Kier alpha value is -0.0400. The summed E-state index contributed by atoms with van der Waals surface area (Å²) in [6.45, 7) is 10.8. The lowest BCUT2D eigenvalue weighted by atomic mass is 9.84. The van der Waals surface area contributed by atoms with E-state index in [0.29, 0.717) is 11.8 Å². The Balaban J connectivity index is 3.83. The molecule has 0 saturated heterocycles. The summed E-state index contributed by atoms with van der Waals surface area (Å²) in [5.41, 5.74) is 0. The van der Waals surface area contributed by atoms with Crippen LogP contribution in [0.15, 0.2) is 0 Å². The minimum atomic E-state index is -0.149. The zero-order valence-electron chi connectivity index (χ0n) is 9.88. The zero-order chi connectivity index (χ0) is 10.4. The van der Waals surface area contributed by atoms with Crippen molar-refractivity contribution in [3.8, 4) is 0 Å². The van der Waals surface area contributed by atoms with Gasteiger partial charge < -0.3 is 5.11 Å². The molecule has 80 valence electrons. The summed E-state index contributed by atoms with van der Waals surface area (Å²) < 4.78 is 0. The molecule has 0 amide bonds. The molecule has 0 heterocycles. The van der Waals surface area contributed by atoms with E-state index in [-0.39, 0.29) is 6.10 Å². The Morgan fingerprint density at radius 3 is 1.85 bits per heavy atom. The van der Waals surface area contributed by atoms with Crippen LogP contribution < -0.4 is 0 Å². The lowest BCUT2D eigenvalue weighted by Gasteiger charge is -2.24. The summed E-state index contributed by atoms with van der Waals surface area (Å²) in [5, 5.41) is 9.57. The molecule has 3 atom stereocenters. The maximum atomic E-state index is 9.57. The van der Waals surface area contributed by atoms with E-state index in [2.05, 4.69) is 27.7 Å². The van der Waals surface area contributed by atoms with Crippen LogP contribution in [0, 0.1) is 17.8 Å². The first-order valence-electron chi connectivity index (χ1n) is 5.67. The SMILES string of the molecule is CCC(C)CCC(C(C)C)C(C)O. The highest BCUT2D eigenvalue weighted by atomic mass is 16.3. The van der Waals surface area contributed by atoms with Gasteiger partial charge in [-0.05, 0) is 31.1 Å². The van der Waals surface area contributed by atoms with Crippen molar-refractivity contribution in [2.45, 2.75) is 60.0 Å². The first kappa shape index (κ1) is 13.0. The second-order valence-corrected chi connectivity index (χ2v) is 4.74. The summed E-state index contributed by atoms with van der Waals surface area (Å²) >= 11 is 0. The molecule has 0 aromatic carbocycles. The summed E-state index contributed by atoms with van der Waals surface area (Å²) in [6, 6.07) is 0. The summed E-state index contributed by atoms with van der Waals surface area (Å²) in [5.74, 6) is 1.89. The van der Waals surface area contributed by atoms with Crippen LogP contribution in [-0.2, 0) is 0 Å². The van der Waals surface area contributed by atoms with Crippen LogP contribution in [0.25, 0.3) is 0 Å². The molecule has 0 aromatic heterocycles. The fourth-order valence-corrected chi connectivity index (χ4v) is 1.81. The fourth-order valence-electron chi connectivity index (χ4n) is 1.81. The number of hydrogen-bond acceptors (Lipinski definition) is 1. The van der Waals surface area contributed by atoms with E-state index >= 15 is 0 Å². The van der Waals surface area contributed by atoms with Crippen molar-refractivity contribution in [1.29, 1.82) is 0 Å². The van der Waals surface area contributed by atoms with Gasteiger partial charge in [-0.15, -0.1) is 0 Å². The third-order valence-corrected chi connectivity index (χ3v) is 3.17. The Labute approximate surface area is 83.5 Å². The van der Waals surface area contributed by atoms with Crippen molar-refractivity contribution < 1.29 is 5.11 Å². The summed E-state index contributed by atoms with van der Waals surface area (Å²) in [6.07, 6.45) is 3.53. The van der Waals surface area contributed by atoms with E-state index in [4.69, 9.17) is 0 Å². The predicted octanol–water partition coefficient (Wildman–Crippen LogP) is 3.47. The molecular formula is C12H26O. The third kappa shape index (κ3) is 5.30. The molecule has 1 nitrogen and oxygen atoms in total. The van der Waals surface area contributed by atoms with E-state index in [1.807, 2.05) is 6.92 Å². The average Bonchev–Trinajstić information content (AvgIpc) is 2.03. The van der Waals surface area contributed by atoms with Gasteiger partial charge in [0.2, 0.25) is 0 Å². The predicted molar refractivity (Wildman–Crippen MR) is 58.7 cm³/mol. The molecule has 0 radical (unpaired) electrons. The molecular weight excluding hydrogens is 160 g/mol. The smallest absolute Gasteiger partial charge is 0.0542 e. The molecule has 0 aromatic rings. The molecule has 0 aliphatic rings. The first-order valence-corrected chi connectivity index (χ1v) is 5.67. The van der Waals surface area contributed by atoms with Crippen LogP contribution in [0.5, 0.6) is 0 Å². The van der Waals surface area contributed by atoms with Crippen molar-refractivity contribution in [3.05, 3.63) is 0 Å². The third-order valence-electron chi connectivity index (χ3n) is 3.17. The van der Waals surface area contributed by atoms with Crippen LogP contribution >= 0.6 is 0 Å². The van der Waals surface area contributed by atoms with E-state index in [1.165, 1.54) is 19.3 Å². The van der Waals surface area contributed by atoms with Crippen LogP contribution in [-0.4, -0.2) is 11.2 Å². The molecule has 13 heavy (non-hydrogen) atoms. The van der Waals surface area contributed by atoms with Crippen molar-refractivity contribution >= 4 is 0 Å². The van der Waals surface area contributed by atoms with Gasteiger partial charge in [0, 0.05) is 0 Å². The van der Waals surface area contributed by atoms with Crippen LogP contribution in [0.3, 0.4) is 0 Å². The lowest BCUT2D eigenvalue weighted by Crippen LogP contribution is -2.22. The standard InChI is InChI=1S/C12H26O/c1-6-10(4)7-8-12(9(2)3)11(5)13/h9-13H,6-8H2,1-5H3. The highest BCUT2D eigenvalue weighted by Gasteiger charge is 2.19. The molecule has 0 rings (SSSR count). The molecule has 0 spiro atoms. The topological polar surface area (TPSA) is 20.2 Å². The molecule has 0 fully saturated rings. The second kappa shape index (κ2) is 6.42. The van der Waals surface area contributed by atoms with E-state index in [9.17, 15) is 5.11 Å². The Bertz CT molecular complexity index is 110. The molecule has 3 unspecified atom stereocenters. The van der Waals surface area contributed by atoms with Crippen LogP contribution in [0.1, 0.15) is 53.9 Å². The number of rotatable bonds is 6. The highest BCUT2D eigenvalue weighted by molar-refractivity contribution is 4.69. The molecule has 1 heteroatoms. The van der Waals surface area contributed by atoms with Gasteiger partial charge in [-0.3, -0.25) is 0 Å². The van der Waals surface area contributed by atoms with E-state index in [1.54, 1.807) is 0 Å². The van der Waals surface area contributed by atoms with Crippen molar-refractivity contribution in [2.24, 2.45) is 17.8 Å². The molecule has 0 saturated carbocycles. The Morgan fingerprint density at radius 2 is 1.54 bits per heavy atom. The van der Waals surface area contributed by atoms with Gasteiger partial charge in [0.05, 0.1) is 6.10 Å². The molecule has 1 N–H and O–H groups in total. The van der Waals surface area contributed by atoms with Crippen molar-refractivity contribution in [1.82, 2.24) is 0 Å². The molecule has 0 aliphatic heterocycles.